The third kappa shape index (κ3) is 1.75. The Kier molecular flexibility index (Phi) is 2.49. The zero-order chi connectivity index (χ0) is 11.0. The lowest BCUT2D eigenvalue weighted by Gasteiger charge is -2.05. The van der Waals surface area contributed by atoms with Crippen molar-refractivity contribution in [3.63, 3.8) is 0 Å². The fourth-order valence-electron chi connectivity index (χ4n) is 1.48. The van der Waals surface area contributed by atoms with Gasteiger partial charge in [0.05, 0.1) is 16.1 Å². The van der Waals surface area contributed by atoms with E-state index in [1.54, 1.807) is 6.07 Å². The first-order chi connectivity index (χ1) is 7.09. The van der Waals surface area contributed by atoms with Gasteiger partial charge in [-0.05, 0) is 12.1 Å². The zero-order valence-corrected chi connectivity index (χ0v) is 9.30. The molecule has 0 bridgehead atoms. The van der Waals surface area contributed by atoms with Gasteiger partial charge in [0.25, 0.3) is 5.56 Å². The first kappa shape index (κ1) is 10.2. The molecule has 78 valence electrons. The van der Waals surface area contributed by atoms with Crippen molar-refractivity contribution in [2.24, 2.45) is 0 Å². The molecule has 0 aliphatic heterocycles. The molecular weight excluding hydrogens is 212 g/mol. The van der Waals surface area contributed by atoms with Gasteiger partial charge >= 0.3 is 0 Å². The van der Waals surface area contributed by atoms with Crippen molar-refractivity contribution in [3.05, 3.63) is 39.3 Å². The number of fused-ring (bicyclic) bond motifs is 1. The number of hydrogen-bond donors (Lipinski definition) is 1. The van der Waals surface area contributed by atoms with Crippen LogP contribution in [0.15, 0.2) is 23.0 Å². The fourth-order valence-corrected chi connectivity index (χ4v) is 1.70. The Morgan fingerprint density at radius 2 is 2.13 bits per heavy atom. The Morgan fingerprint density at radius 3 is 2.80 bits per heavy atom. The van der Waals surface area contributed by atoms with Crippen LogP contribution in [0.3, 0.4) is 0 Å². The maximum absolute atomic E-state index is 11.7. The second-order valence-corrected chi connectivity index (χ2v) is 4.15. The van der Waals surface area contributed by atoms with Gasteiger partial charge in [-0.1, -0.05) is 31.5 Å². The molecule has 0 fully saturated rings. The third-order valence-corrected chi connectivity index (χ3v) is 2.57. The van der Waals surface area contributed by atoms with Gasteiger partial charge < -0.3 is 4.98 Å². The van der Waals surface area contributed by atoms with Crippen molar-refractivity contribution in [2.75, 3.05) is 0 Å². The van der Waals surface area contributed by atoms with Crippen molar-refractivity contribution in [1.29, 1.82) is 0 Å². The molecular formula is C11H11ClN2O. The van der Waals surface area contributed by atoms with Gasteiger partial charge in [0, 0.05) is 5.92 Å². The van der Waals surface area contributed by atoms with Gasteiger partial charge in [-0.15, -0.1) is 0 Å². The normalized spacial score (nSPS) is 11.2. The number of aromatic amines is 1. The number of nitrogens with one attached hydrogen (secondary N) is 1. The highest BCUT2D eigenvalue weighted by Crippen LogP contribution is 2.19. The van der Waals surface area contributed by atoms with Crippen LogP contribution in [0.1, 0.15) is 25.5 Å². The molecule has 1 heterocycles. The minimum atomic E-state index is -0.161. The number of halogens is 1. The number of nitrogens with zero attached hydrogens (tertiary/aromatic N) is 1. The number of para-hydroxylation sites is 1. The van der Waals surface area contributed by atoms with Gasteiger partial charge in [0.15, 0.2) is 0 Å². The fraction of sp³-hybridized carbons (Fsp3) is 0.273. The molecule has 15 heavy (non-hydrogen) atoms. The summed E-state index contributed by atoms with van der Waals surface area (Å²) >= 11 is 5.95. The number of benzene rings is 1. The summed E-state index contributed by atoms with van der Waals surface area (Å²) in [5, 5.41) is 0.521. The third-order valence-electron chi connectivity index (χ3n) is 2.25. The van der Waals surface area contributed by atoms with E-state index in [4.69, 9.17) is 11.6 Å². The first-order valence-corrected chi connectivity index (χ1v) is 5.16. The van der Waals surface area contributed by atoms with Crippen LogP contribution in [0.25, 0.3) is 11.0 Å². The Bertz CT molecular complexity index is 560. The zero-order valence-electron chi connectivity index (χ0n) is 8.54. The molecule has 0 saturated heterocycles. The average molecular weight is 223 g/mol. The molecule has 0 aliphatic carbocycles. The summed E-state index contributed by atoms with van der Waals surface area (Å²) in [6.45, 7) is 3.88. The van der Waals surface area contributed by atoms with Gasteiger partial charge in [0.1, 0.15) is 5.69 Å². The Morgan fingerprint density at radius 1 is 1.40 bits per heavy atom. The SMILES string of the molecule is CC(C)c1nc2cccc(Cl)c2[nH]c1=O. The highest BCUT2D eigenvalue weighted by molar-refractivity contribution is 6.34. The van der Waals surface area contributed by atoms with Crippen molar-refractivity contribution in [1.82, 2.24) is 9.97 Å². The number of H-pyrrole nitrogens is 1. The average Bonchev–Trinajstić information content (AvgIpc) is 2.18. The minimum Gasteiger partial charge on any atom is -0.318 e. The summed E-state index contributed by atoms with van der Waals surface area (Å²) in [6.07, 6.45) is 0. The molecule has 0 radical (unpaired) electrons. The molecule has 1 N–H and O–H groups in total. The highest BCUT2D eigenvalue weighted by Gasteiger charge is 2.09. The molecule has 0 unspecified atom stereocenters. The first-order valence-electron chi connectivity index (χ1n) is 4.78. The molecule has 0 saturated carbocycles. The van der Waals surface area contributed by atoms with Crippen LogP contribution >= 0.6 is 11.6 Å². The van der Waals surface area contributed by atoms with Crippen molar-refractivity contribution >= 4 is 22.6 Å². The predicted octanol–water partition coefficient (Wildman–Crippen LogP) is 2.70. The molecule has 2 aromatic rings. The Hall–Kier alpha value is -1.35. The largest absolute Gasteiger partial charge is 0.318 e. The van der Waals surface area contributed by atoms with E-state index >= 15 is 0 Å². The van der Waals surface area contributed by atoms with Gasteiger partial charge in [-0.2, -0.15) is 0 Å². The predicted molar refractivity (Wildman–Crippen MR) is 61.5 cm³/mol. The van der Waals surface area contributed by atoms with Crippen LogP contribution in [0.5, 0.6) is 0 Å². The molecule has 0 aliphatic rings. The standard InChI is InChI=1S/C11H11ClN2O/c1-6(2)9-11(15)14-10-7(12)4-3-5-8(10)13-9/h3-6H,1-2H3,(H,14,15). The number of hydrogen-bond acceptors (Lipinski definition) is 2. The van der Waals surface area contributed by atoms with E-state index in [0.29, 0.717) is 16.2 Å². The van der Waals surface area contributed by atoms with Crippen LogP contribution < -0.4 is 5.56 Å². The van der Waals surface area contributed by atoms with Crippen molar-refractivity contribution in [3.8, 4) is 0 Å². The van der Waals surface area contributed by atoms with Crippen molar-refractivity contribution in [2.45, 2.75) is 19.8 Å². The van der Waals surface area contributed by atoms with Gasteiger partial charge in [-0.25, -0.2) is 4.98 Å². The summed E-state index contributed by atoms with van der Waals surface area (Å²) in [5.41, 5.74) is 1.72. The summed E-state index contributed by atoms with van der Waals surface area (Å²) in [7, 11) is 0. The van der Waals surface area contributed by atoms with E-state index in [0.717, 1.165) is 5.52 Å². The maximum Gasteiger partial charge on any atom is 0.270 e. The second kappa shape index (κ2) is 3.66. The van der Waals surface area contributed by atoms with E-state index in [1.807, 2.05) is 26.0 Å². The lowest BCUT2D eigenvalue weighted by Crippen LogP contribution is -2.16. The van der Waals surface area contributed by atoms with Crippen LogP contribution in [-0.2, 0) is 0 Å². The summed E-state index contributed by atoms with van der Waals surface area (Å²) in [4.78, 5) is 18.7. The van der Waals surface area contributed by atoms with Crippen LogP contribution in [0.4, 0.5) is 0 Å². The second-order valence-electron chi connectivity index (χ2n) is 3.74. The molecule has 3 nitrogen and oxygen atoms in total. The lowest BCUT2D eigenvalue weighted by molar-refractivity contribution is 0.807. The summed E-state index contributed by atoms with van der Waals surface area (Å²) in [6, 6.07) is 5.39. The Labute approximate surface area is 92.1 Å². The van der Waals surface area contributed by atoms with E-state index in [-0.39, 0.29) is 11.5 Å². The van der Waals surface area contributed by atoms with Crippen LogP contribution in [-0.4, -0.2) is 9.97 Å². The molecule has 0 spiro atoms. The quantitative estimate of drug-likeness (QED) is 0.807. The monoisotopic (exact) mass is 222 g/mol. The smallest absolute Gasteiger partial charge is 0.270 e. The lowest BCUT2D eigenvalue weighted by atomic mass is 10.1. The highest BCUT2D eigenvalue weighted by atomic mass is 35.5. The number of aromatic nitrogens is 2. The van der Waals surface area contributed by atoms with E-state index < -0.39 is 0 Å². The van der Waals surface area contributed by atoms with Crippen molar-refractivity contribution < 1.29 is 0 Å². The van der Waals surface area contributed by atoms with Crippen LogP contribution in [0, 0.1) is 0 Å². The molecule has 2 rings (SSSR count). The van der Waals surface area contributed by atoms with E-state index in [2.05, 4.69) is 9.97 Å². The summed E-state index contributed by atoms with van der Waals surface area (Å²) in [5.74, 6) is 0.108. The molecule has 0 amide bonds. The van der Waals surface area contributed by atoms with E-state index in [1.165, 1.54) is 0 Å². The topological polar surface area (TPSA) is 45.8 Å². The number of rotatable bonds is 1. The summed E-state index contributed by atoms with van der Waals surface area (Å²) < 4.78 is 0. The van der Waals surface area contributed by atoms with Crippen LogP contribution in [0.2, 0.25) is 5.02 Å². The van der Waals surface area contributed by atoms with Gasteiger partial charge in [0.2, 0.25) is 0 Å². The molecule has 1 aromatic carbocycles. The maximum atomic E-state index is 11.7. The van der Waals surface area contributed by atoms with E-state index in [9.17, 15) is 4.79 Å². The molecule has 1 aromatic heterocycles. The Balaban J connectivity index is 2.82. The molecule has 4 heteroatoms. The minimum absolute atomic E-state index is 0.108. The molecule has 0 atom stereocenters. The van der Waals surface area contributed by atoms with Gasteiger partial charge in [-0.3, -0.25) is 4.79 Å².